The minimum absolute atomic E-state index is 0.0656. The van der Waals surface area contributed by atoms with E-state index < -0.39 is 0 Å². The molecule has 0 radical (unpaired) electrons. The van der Waals surface area contributed by atoms with Gasteiger partial charge in [0.05, 0.1) is 6.54 Å². The molecule has 8 heteroatoms. The number of hydrogen-bond donors (Lipinski definition) is 2. The van der Waals surface area contributed by atoms with Crippen LogP contribution in [-0.4, -0.2) is 37.9 Å². The summed E-state index contributed by atoms with van der Waals surface area (Å²) >= 11 is 0. The van der Waals surface area contributed by atoms with E-state index >= 15 is 0 Å². The molecule has 2 N–H and O–H groups in total. The number of amides is 2. The van der Waals surface area contributed by atoms with E-state index in [1.165, 1.54) is 6.33 Å². The van der Waals surface area contributed by atoms with E-state index in [1.807, 2.05) is 46.8 Å². The number of nitrogens with zero attached hydrogens (tertiary/aromatic N) is 4. The van der Waals surface area contributed by atoms with E-state index in [-0.39, 0.29) is 24.8 Å². The Kier molecular flexibility index (Phi) is 5.91. The van der Waals surface area contributed by atoms with Crippen molar-refractivity contribution in [1.82, 2.24) is 24.9 Å². The third kappa shape index (κ3) is 4.59. The molecule has 0 aliphatic carbocycles. The molecular weight excluding hydrogens is 368 g/mol. The van der Waals surface area contributed by atoms with Crippen molar-refractivity contribution in [2.45, 2.75) is 47.5 Å². The van der Waals surface area contributed by atoms with Crippen LogP contribution in [-0.2, 0) is 16.0 Å². The molecule has 152 valence electrons. The van der Waals surface area contributed by atoms with Crippen LogP contribution in [0.4, 0.5) is 5.69 Å². The molecule has 8 nitrogen and oxygen atoms in total. The fourth-order valence-electron chi connectivity index (χ4n) is 3.58. The summed E-state index contributed by atoms with van der Waals surface area (Å²) in [6.45, 7) is 9.70. The first-order valence-electron chi connectivity index (χ1n) is 9.56. The van der Waals surface area contributed by atoms with E-state index in [0.717, 1.165) is 39.3 Å². The lowest BCUT2D eigenvalue weighted by Crippen LogP contribution is -2.33. The van der Waals surface area contributed by atoms with Gasteiger partial charge in [-0.2, -0.15) is 10.1 Å². The standard InChI is InChI=1S/C21H26N6O2/c1-12-8-13(2)20(14(3)9-12)26-19(29)10-22-18(28)7-6-17-15(4)25-21-23-11-24-27(21)16(17)5/h8-9,11H,6-7,10H2,1-5H3,(H,22,28)(H,26,29). The Morgan fingerprint density at radius 1 is 1.03 bits per heavy atom. The van der Waals surface area contributed by atoms with Gasteiger partial charge in [-0.3, -0.25) is 9.59 Å². The highest BCUT2D eigenvalue weighted by Crippen LogP contribution is 2.21. The minimum Gasteiger partial charge on any atom is -0.347 e. The maximum atomic E-state index is 12.3. The smallest absolute Gasteiger partial charge is 0.252 e. The number of anilines is 1. The molecule has 0 saturated carbocycles. The second kappa shape index (κ2) is 8.38. The van der Waals surface area contributed by atoms with Gasteiger partial charge >= 0.3 is 0 Å². The van der Waals surface area contributed by atoms with Crippen molar-refractivity contribution in [3.8, 4) is 0 Å². The Morgan fingerprint density at radius 2 is 1.72 bits per heavy atom. The molecule has 0 aliphatic heterocycles. The summed E-state index contributed by atoms with van der Waals surface area (Å²) in [5.74, 6) is 0.119. The van der Waals surface area contributed by atoms with Gasteiger partial charge in [-0.05, 0) is 57.7 Å². The highest BCUT2D eigenvalue weighted by atomic mass is 16.2. The van der Waals surface area contributed by atoms with Gasteiger partial charge in [0.25, 0.3) is 5.78 Å². The highest BCUT2D eigenvalue weighted by molar-refractivity contribution is 5.95. The topological polar surface area (TPSA) is 101 Å². The molecule has 1 aromatic carbocycles. The number of rotatable bonds is 6. The first-order valence-corrected chi connectivity index (χ1v) is 9.56. The predicted molar refractivity (Wildman–Crippen MR) is 111 cm³/mol. The second-order valence-electron chi connectivity index (χ2n) is 7.33. The van der Waals surface area contributed by atoms with Crippen molar-refractivity contribution in [2.75, 3.05) is 11.9 Å². The van der Waals surface area contributed by atoms with Gasteiger partial charge in [0, 0.05) is 23.5 Å². The third-order valence-electron chi connectivity index (χ3n) is 4.98. The molecule has 3 aromatic rings. The van der Waals surface area contributed by atoms with Crippen LogP contribution in [0.2, 0.25) is 0 Å². The third-order valence-corrected chi connectivity index (χ3v) is 4.98. The number of carbonyl (C=O) groups is 2. The van der Waals surface area contributed by atoms with Gasteiger partial charge in [-0.25, -0.2) is 9.50 Å². The SMILES string of the molecule is Cc1cc(C)c(NC(=O)CNC(=O)CCc2c(C)nc3ncnn3c2C)c(C)c1. The minimum atomic E-state index is -0.244. The van der Waals surface area contributed by atoms with Crippen LogP contribution in [0.15, 0.2) is 18.5 Å². The summed E-state index contributed by atoms with van der Waals surface area (Å²) in [5.41, 5.74) is 6.67. The fraction of sp³-hybridized carbons (Fsp3) is 0.381. The molecule has 0 atom stereocenters. The van der Waals surface area contributed by atoms with Crippen molar-refractivity contribution in [3.05, 3.63) is 52.1 Å². The average molecular weight is 394 g/mol. The van der Waals surface area contributed by atoms with Crippen LogP contribution in [0.25, 0.3) is 5.78 Å². The summed E-state index contributed by atoms with van der Waals surface area (Å²) in [7, 11) is 0. The number of aromatic nitrogens is 4. The Balaban J connectivity index is 1.55. The van der Waals surface area contributed by atoms with E-state index in [1.54, 1.807) is 4.52 Å². The number of nitrogens with one attached hydrogen (secondary N) is 2. The number of carbonyl (C=O) groups excluding carboxylic acids is 2. The normalized spacial score (nSPS) is 10.9. The quantitative estimate of drug-likeness (QED) is 0.668. The Bertz CT molecular complexity index is 1060. The molecule has 0 aliphatic rings. The van der Waals surface area contributed by atoms with Crippen LogP contribution >= 0.6 is 0 Å². The zero-order valence-corrected chi connectivity index (χ0v) is 17.5. The monoisotopic (exact) mass is 394 g/mol. The van der Waals surface area contributed by atoms with Crippen molar-refractivity contribution < 1.29 is 9.59 Å². The number of benzene rings is 1. The lowest BCUT2D eigenvalue weighted by molar-refractivity contribution is -0.124. The molecule has 2 amide bonds. The molecule has 3 rings (SSSR count). The van der Waals surface area contributed by atoms with Crippen LogP contribution in [0.3, 0.4) is 0 Å². The zero-order chi connectivity index (χ0) is 21.1. The van der Waals surface area contributed by atoms with Crippen molar-refractivity contribution in [3.63, 3.8) is 0 Å². The van der Waals surface area contributed by atoms with E-state index in [2.05, 4.69) is 25.7 Å². The van der Waals surface area contributed by atoms with Crippen molar-refractivity contribution in [1.29, 1.82) is 0 Å². The first kappa shape index (κ1) is 20.4. The Morgan fingerprint density at radius 3 is 2.41 bits per heavy atom. The van der Waals surface area contributed by atoms with Gasteiger partial charge in [0.1, 0.15) is 6.33 Å². The maximum Gasteiger partial charge on any atom is 0.252 e. The van der Waals surface area contributed by atoms with Crippen LogP contribution < -0.4 is 10.6 Å². The molecule has 29 heavy (non-hydrogen) atoms. The summed E-state index contributed by atoms with van der Waals surface area (Å²) < 4.78 is 1.67. The van der Waals surface area contributed by atoms with Crippen LogP contribution in [0, 0.1) is 34.6 Å². The Labute approximate surface area is 169 Å². The van der Waals surface area contributed by atoms with Crippen molar-refractivity contribution >= 4 is 23.3 Å². The summed E-state index contributed by atoms with van der Waals surface area (Å²) in [4.78, 5) is 33.0. The second-order valence-corrected chi connectivity index (χ2v) is 7.33. The number of aryl methyl sites for hydroxylation is 5. The molecule has 0 spiro atoms. The van der Waals surface area contributed by atoms with Crippen molar-refractivity contribution in [2.24, 2.45) is 0 Å². The average Bonchev–Trinajstić information content (AvgIpc) is 3.11. The van der Waals surface area contributed by atoms with Gasteiger partial charge in [0.15, 0.2) is 0 Å². The Hall–Kier alpha value is -3.29. The summed E-state index contributed by atoms with van der Waals surface area (Å²) in [5, 5.41) is 9.73. The van der Waals surface area contributed by atoms with E-state index in [9.17, 15) is 9.59 Å². The summed E-state index contributed by atoms with van der Waals surface area (Å²) in [6.07, 6.45) is 2.24. The molecule has 2 aromatic heterocycles. The van der Waals surface area contributed by atoms with Crippen LogP contribution in [0.1, 0.15) is 40.1 Å². The zero-order valence-electron chi connectivity index (χ0n) is 17.5. The lowest BCUT2D eigenvalue weighted by atomic mass is 10.1. The maximum absolute atomic E-state index is 12.3. The number of fused-ring (bicyclic) bond motifs is 1. The summed E-state index contributed by atoms with van der Waals surface area (Å²) in [6, 6.07) is 4.04. The van der Waals surface area contributed by atoms with Gasteiger partial charge < -0.3 is 10.6 Å². The van der Waals surface area contributed by atoms with E-state index in [4.69, 9.17) is 0 Å². The number of hydrogen-bond acceptors (Lipinski definition) is 5. The van der Waals surface area contributed by atoms with E-state index in [0.29, 0.717) is 12.2 Å². The molecule has 0 saturated heterocycles. The largest absolute Gasteiger partial charge is 0.347 e. The van der Waals surface area contributed by atoms with Gasteiger partial charge in [0.2, 0.25) is 11.8 Å². The van der Waals surface area contributed by atoms with Gasteiger partial charge in [-0.15, -0.1) is 0 Å². The molecule has 2 heterocycles. The molecule has 0 bridgehead atoms. The fourth-order valence-corrected chi connectivity index (χ4v) is 3.58. The molecule has 0 unspecified atom stereocenters. The van der Waals surface area contributed by atoms with Crippen LogP contribution in [0.5, 0.6) is 0 Å². The highest BCUT2D eigenvalue weighted by Gasteiger charge is 2.14. The molecule has 0 fully saturated rings. The molecular formula is C21H26N6O2. The first-order chi connectivity index (χ1) is 13.8. The lowest BCUT2D eigenvalue weighted by Gasteiger charge is -2.13. The predicted octanol–water partition coefficient (Wildman–Crippen LogP) is 2.35. The van der Waals surface area contributed by atoms with Gasteiger partial charge in [-0.1, -0.05) is 17.7 Å².